The van der Waals surface area contributed by atoms with Crippen molar-refractivity contribution in [3.05, 3.63) is 28.2 Å². The number of rotatable bonds is 4. The van der Waals surface area contributed by atoms with E-state index in [-0.39, 0.29) is 10.8 Å². The minimum absolute atomic E-state index is 0.0592. The first kappa shape index (κ1) is 18.8. The summed E-state index contributed by atoms with van der Waals surface area (Å²) in [6.07, 6.45) is 2.53. The third-order valence-electron chi connectivity index (χ3n) is 4.64. The van der Waals surface area contributed by atoms with Gasteiger partial charge in [-0.3, -0.25) is 9.69 Å². The van der Waals surface area contributed by atoms with Crippen LogP contribution in [0.2, 0.25) is 0 Å². The molecule has 2 N–H and O–H groups in total. The van der Waals surface area contributed by atoms with Crippen molar-refractivity contribution in [2.45, 2.75) is 23.8 Å². The van der Waals surface area contributed by atoms with Crippen molar-refractivity contribution in [2.75, 3.05) is 39.3 Å². The first-order chi connectivity index (χ1) is 11.8. The third-order valence-corrected chi connectivity index (χ3v) is 6.24. The van der Waals surface area contributed by atoms with Crippen LogP contribution >= 0.6 is 15.9 Å². The van der Waals surface area contributed by atoms with Crippen LogP contribution in [0.5, 0.6) is 0 Å². The van der Waals surface area contributed by atoms with Gasteiger partial charge in [-0.25, -0.2) is 13.6 Å². The number of primary sulfonamides is 1. The van der Waals surface area contributed by atoms with Crippen LogP contribution in [0.3, 0.4) is 0 Å². The summed E-state index contributed by atoms with van der Waals surface area (Å²) in [4.78, 5) is 16.8. The number of carbonyl (C=O) groups is 1. The summed E-state index contributed by atoms with van der Waals surface area (Å²) in [5.74, 6) is -0.186. The van der Waals surface area contributed by atoms with Crippen molar-refractivity contribution in [2.24, 2.45) is 5.14 Å². The fourth-order valence-electron chi connectivity index (χ4n) is 3.23. The van der Waals surface area contributed by atoms with Crippen molar-refractivity contribution in [3.63, 3.8) is 0 Å². The summed E-state index contributed by atoms with van der Waals surface area (Å²) in [6, 6.07) is 4.26. The van der Waals surface area contributed by atoms with Crippen molar-refractivity contribution in [1.29, 1.82) is 0 Å². The molecule has 0 bridgehead atoms. The largest absolute Gasteiger partial charge is 0.377 e. The molecule has 2 heterocycles. The molecule has 7 nitrogen and oxygen atoms in total. The maximum Gasteiger partial charge on any atom is 0.255 e. The Labute approximate surface area is 156 Å². The van der Waals surface area contributed by atoms with Gasteiger partial charge >= 0.3 is 0 Å². The van der Waals surface area contributed by atoms with Crippen molar-refractivity contribution >= 4 is 31.9 Å². The van der Waals surface area contributed by atoms with Gasteiger partial charge < -0.3 is 9.64 Å². The normalized spacial score (nSPS) is 22.3. The molecule has 1 aromatic rings. The van der Waals surface area contributed by atoms with Crippen molar-refractivity contribution in [1.82, 2.24) is 9.80 Å². The number of hydrogen-bond acceptors (Lipinski definition) is 5. The summed E-state index contributed by atoms with van der Waals surface area (Å²) in [5, 5.41) is 5.16. The molecule has 1 amide bonds. The number of hydrogen-bond donors (Lipinski definition) is 1. The van der Waals surface area contributed by atoms with Crippen LogP contribution in [0.4, 0.5) is 0 Å². The van der Waals surface area contributed by atoms with Gasteiger partial charge in [0.1, 0.15) is 0 Å². The number of piperazine rings is 1. The highest BCUT2D eigenvalue weighted by atomic mass is 79.9. The van der Waals surface area contributed by atoms with Crippen LogP contribution in [-0.2, 0) is 14.8 Å². The lowest BCUT2D eigenvalue weighted by Crippen LogP contribution is -2.50. The lowest BCUT2D eigenvalue weighted by Gasteiger charge is -2.35. The highest BCUT2D eigenvalue weighted by Gasteiger charge is 2.26. The van der Waals surface area contributed by atoms with Crippen molar-refractivity contribution < 1.29 is 17.9 Å². The smallest absolute Gasteiger partial charge is 0.255 e. The van der Waals surface area contributed by atoms with E-state index in [1.807, 2.05) is 0 Å². The summed E-state index contributed by atoms with van der Waals surface area (Å²) in [5.41, 5.74) is 0.319. The molecule has 3 rings (SSSR count). The lowest BCUT2D eigenvalue weighted by molar-refractivity contribution is 0.0432. The predicted octanol–water partition coefficient (Wildman–Crippen LogP) is 1.03. The van der Waals surface area contributed by atoms with E-state index in [0.29, 0.717) is 29.2 Å². The Kier molecular flexibility index (Phi) is 5.79. The molecular weight excluding hydrogens is 410 g/mol. The molecule has 0 aromatic heterocycles. The van der Waals surface area contributed by atoms with Crippen LogP contribution in [0.15, 0.2) is 27.6 Å². The van der Waals surface area contributed by atoms with E-state index in [9.17, 15) is 13.2 Å². The second-order valence-electron chi connectivity index (χ2n) is 6.41. The molecule has 1 aromatic carbocycles. The van der Waals surface area contributed by atoms with Crippen LogP contribution in [-0.4, -0.2) is 69.6 Å². The lowest BCUT2D eigenvalue weighted by atomic mass is 10.1. The van der Waals surface area contributed by atoms with E-state index < -0.39 is 10.0 Å². The monoisotopic (exact) mass is 431 g/mol. The predicted molar refractivity (Wildman–Crippen MR) is 96.8 cm³/mol. The fourth-order valence-corrected chi connectivity index (χ4v) is 4.18. The van der Waals surface area contributed by atoms with Gasteiger partial charge in [0.05, 0.1) is 16.6 Å². The average Bonchev–Trinajstić information content (AvgIpc) is 3.07. The Bertz CT molecular complexity index is 742. The molecule has 2 aliphatic heterocycles. The number of ether oxygens (including phenoxy) is 1. The van der Waals surface area contributed by atoms with Gasteiger partial charge in [-0.2, -0.15) is 0 Å². The number of benzene rings is 1. The second-order valence-corrected chi connectivity index (χ2v) is 8.83. The van der Waals surface area contributed by atoms with Crippen molar-refractivity contribution in [3.8, 4) is 0 Å². The minimum atomic E-state index is -3.84. The summed E-state index contributed by atoms with van der Waals surface area (Å²) in [7, 11) is -3.84. The second kappa shape index (κ2) is 7.71. The van der Waals surface area contributed by atoms with E-state index in [4.69, 9.17) is 9.88 Å². The number of nitrogens with two attached hydrogens (primary N) is 1. The van der Waals surface area contributed by atoms with Gasteiger partial charge in [-0.1, -0.05) is 0 Å². The first-order valence-electron chi connectivity index (χ1n) is 8.30. The highest BCUT2D eigenvalue weighted by Crippen LogP contribution is 2.23. The maximum atomic E-state index is 12.8. The summed E-state index contributed by atoms with van der Waals surface area (Å²) in [6.45, 7) is 4.55. The zero-order valence-corrected chi connectivity index (χ0v) is 16.3. The fraction of sp³-hybridized carbons (Fsp3) is 0.562. The van der Waals surface area contributed by atoms with Gasteiger partial charge in [0.25, 0.3) is 5.91 Å². The number of amides is 1. The Morgan fingerprint density at radius 3 is 2.60 bits per heavy atom. The SMILES string of the molecule is NS(=O)(=O)c1ccc(Br)c(C(=O)N2CCN(CC3CCCO3)CC2)c1. The molecule has 1 unspecified atom stereocenters. The molecule has 2 fully saturated rings. The Hall–Kier alpha value is -1.00. The zero-order valence-electron chi connectivity index (χ0n) is 13.9. The summed E-state index contributed by atoms with van der Waals surface area (Å²) < 4.78 is 29.3. The Morgan fingerprint density at radius 2 is 2.00 bits per heavy atom. The van der Waals surface area contributed by atoms with E-state index in [1.54, 1.807) is 11.0 Å². The van der Waals surface area contributed by atoms with Gasteiger partial charge in [0, 0.05) is 43.8 Å². The average molecular weight is 432 g/mol. The molecular formula is C16H22BrN3O4S. The standard InChI is InChI=1S/C16H22BrN3O4S/c17-15-4-3-13(25(18,22)23)10-14(15)16(21)20-7-5-19(6-8-20)11-12-2-1-9-24-12/h3-4,10,12H,1-2,5-9,11H2,(H2,18,22,23). The van der Waals surface area contributed by atoms with Gasteiger partial charge in [-0.05, 0) is 47.0 Å². The minimum Gasteiger partial charge on any atom is -0.377 e. The molecule has 2 aliphatic rings. The van der Waals surface area contributed by atoms with Gasteiger partial charge in [0.15, 0.2) is 0 Å². The van der Waals surface area contributed by atoms with Crippen LogP contribution in [0, 0.1) is 0 Å². The molecule has 138 valence electrons. The number of nitrogens with zero attached hydrogens (tertiary/aromatic N) is 2. The molecule has 0 radical (unpaired) electrons. The third kappa shape index (κ3) is 4.59. The van der Waals surface area contributed by atoms with Gasteiger partial charge in [-0.15, -0.1) is 0 Å². The topological polar surface area (TPSA) is 92.9 Å². The number of halogens is 1. The zero-order chi connectivity index (χ0) is 18.0. The Balaban J connectivity index is 1.64. The molecule has 0 aliphatic carbocycles. The van der Waals surface area contributed by atoms with Crippen LogP contribution in [0.25, 0.3) is 0 Å². The maximum absolute atomic E-state index is 12.8. The van der Waals surface area contributed by atoms with Gasteiger partial charge in [0.2, 0.25) is 10.0 Å². The van der Waals surface area contributed by atoms with E-state index >= 15 is 0 Å². The molecule has 1 atom stereocenters. The molecule has 9 heteroatoms. The van der Waals surface area contributed by atoms with E-state index in [2.05, 4.69) is 20.8 Å². The van der Waals surface area contributed by atoms with Crippen LogP contribution < -0.4 is 5.14 Å². The quantitative estimate of drug-likeness (QED) is 0.768. The van der Waals surface area contributed by atoms with Crippen LogP contribution in [0.1, 0.15) is 23.2 Å². The highest BCUT2D eigenvalue weighted by molar-refractivity contribution is 9.10. The Morgan fingerprint density at radius 1 is 1.28 bits per heavy atom. The van der Waals surface area contributed by atoms with E-state index in [1.165, 1.54) is 12.1 Å². The van der Waals surface area contributed by atoms with E-state index in [0.717, 1.165) is 39.1 Å². The first-order valence-corrected chi connectivity index (χ1v) is 10.6. The molecule has 25 heavy (non-hydrogen) atoms. The molecule has 0 spiro atoms. The molecule has 2 saturated heterocycles. The molecule has 0 saturated carbocycles. The number of sulfonamides is 1. The number of carbonyl (C=O) groups excluding carboxylic acids is 1. The summed E-state index contributed by atoms with van der Waals surface area (Å²) >= 11 is 3.32.